The Labute approximate surface area is 111 Å². The van der Waals surface area contributed by atoms with Gasteiger partial charge in [-0.15, -0.1) is 0 Å². The van der Waals surface area contributed by atoms with Crippen molar-refractivity contribution in [2.75, 3.05) is 6.61 Å². The van der Waals surface area contributed by atoms with Gasteiger partial charge in [0.1, 0.15) is 11.3 Å². The maximum Gasteiger partial charge on any atom is 0.341 e. The molecule has 2 aromatic rings. The fraction of sp³-hybridized carbons (Fsp3) is 0.429. The second kappa shape index (κ2) is 4.91. The van der Waals surface area contributed by atoms with Gasteiger partial charge in [0, 0.05) is 12.5 Å². The molecule has 0 spiro atoms. The number of benzene rings is 1. The first-order valence-corrected chi connectivity index (χ1v) is 6.07. The Morgan fingerprint density at radius 3 is 2.79 bits per heavy atom. The lowest BCUT2D eigenvalue weighted by molar-refractivity contribution is -0.139. The number of carboxylic acid groups (broad SMARTS) is 1. The first-order chi connectivity index (χ1) is 8.83. The summed E-state index contributed by atoms with van der Waals surface area (Å²) in [6, 6.07) is 5.11. The number of aromatic nitrogens is 1. The molecule has 2 rings (SSSR count). The number of ether oxygens (including phenoxy) is 1. The summed E-state index contributed by atoms with van der Waals surface area (Å²) in [4.78, 5) is 14.8. The van der Waals surface area contributed by atoms with Crippen LogP contribution in [0.25, 0.3) is 11.1 Å². The Morgan fingerprint density at radius 1 is 1.42 bits per heavy atom. The molecule has 102 valence electrons. The number of hydrogen-bond donors (Lipinski definition) is 1. The molecule has 1 heterocycles. The zero-order valence-corrected chi connectivity index (χ0v) is 11.3. The number of carboxylic acids is 1. The lowest BCUT2D eigenvalue weighted by Crippen LogP contribution is -2.09. The number of nitrogens with zero attached hydrogens (tertiary/aromatic N) is 1. The van der Waals surface area contributed by atoms with Crippen molar-refractivity contribution in [2.24, 2.45) is 5.41 Å². The molecule has 0 fully saturated rings. The molecule has 0 aliphatic carbocycles. The van der Waals surface area contributed by atoms with Gasteiger partial charge in [-0.3, -0.25) is 0 Å². The summed E-state index contributed by atoms with van der Waals surface area (Å²) >= 11 is 0. The van der Waals surface area contributed by atoms with Crippen molar-refractivity contribution in [1.29, 1.82) is 0 Å². The highest BCUT2D eigenvalue weighted by molar-refractivity contribution is 5.75. The summed E-state index contributed by atoms with van der Waals surface area (Å²) in [6.45, 7) is 5.98. The SMILES string of the molecule is CC(C)(C)Cc1nc2cc(OCC(=O)O)ccc2o1. The average molecular weight is 263 g/mol. The van der Waals surface area contributed by atoms with Gasteiger partial charge in [0.05, 0.1) is 0 Å². The van der Waals surface area contributed by atoms with E-state index in [-0.39, 0.29) is 12.0 Å². The minimum Gasteiger partial charge on any atom is -0.482 e. The largest absolute Gasteiger partial charge is 0.482 e. The van der Waals surface area contributed by atoms with Gasteiger partial charge < -0.3 is 14.3 Å². The first-order valence-electron chi connectivity index (χ1n) is 6.07. The second-order valence-electron chi connectivity index (χ2n) is 5.66. The molecule has 0 atom stereocenters. The van der Waals surface area contributed by atoms with Crippen LogP contribution in [0.2, 0.25) is 0 Å². The van der Waals surface area contributed by atoms with Crippen LogP contribution in [0.4, 0.5) is 0 Å². The van der Waals surface area contributed by atoms with Crippen LogP contribution in [0.15, 0.2) is 22.6 Å². The molecule has 19 heavy (non-hydrogen) atoms. The van der Waals surface area contributed by atoms with Gasteiger partial charge in [-0.1, -0.05) is 20.8 Å². The molecule has 0 aliphatic heterocycles. The molecule has 1 aromatic carbocycles. The van der Waals surface area contributed by atoms with E-state index < -0.39 is 5.97 Å². The van der Waals surface area contributed by atoms with Gasteiger partial charge in [-0.2, -0.15) is 0 Å². The minimum atomic E-state index is -1.01. The van der Waals surface area contributed by atoms with Crippen LogP contribution < -0.4 is 4.74 Å². The van der Waals surface area contributed by atoms with E-state index in [4.69, 9.17) is 14.3 Å². The standard InChI is InChI=1S/C14H17NO4/c1-14(2,3)7-12-15-10-6-9(18-8-13(16)17)4-5-11(10)19-12/h4-6H,7-8H2,1-3H3,(H,16,17). The number of oxazole rings is 1. The lowest BCUT2D eigenvalue weighted by Gasteiger charge is -2.14. The van der Waals surface area contributed by atoms with Gasteiger partial charge in [0.15, 0.2) is 18.1 Å². The molecule has 5 heteroatoms. The molecule has 0 aliphatic rings. The third-order valence-corrected chi connectivity index (χ3v) is 2.45. The highest BCUT2D eigenvalue weighted by Gasteiger charge is 2.16. The van der Waals surface area contributed by atoms with Crippen molar-refractivity contribution < 1.29 is 19.1 Å². The Balaban J connectivity index is 2.21. The number of aliphatic carboxylic acids is 1. The maximum absolute atomic E-state index is 10.4. The summed E-state index contributed by atoms with van der Waals surface area (Å²) in [5.41, 5.74) is 1.47. The van der Waals surface area contributed by atoms with Gasteiger partial charge in [0.2, 0.25) is 0 Å². The van der Waals surface area contributed by atoms with Crippen molar-refractivity contribution in [1.82, 2.24) is 4.98 Å². The van der Waals surface area contributed by atoms with Crippen molar-refractivity contribution in [3.8, 4) is 5.75 Å². The van der Waals surface area contributed by atoms with Crippen LogP contribution in [0, 0.1) is 5.41 Å². The molecular formula is C14H17NO4. The van der Waals surface area contributed by atoms with Crippen molar-refractivity contribution in [3.63, 3.8) is 0 Å². The van der Waals surface area contributed by atoms with E-state index in [1.165, 1.54) is 0 Å². The van der Waals surface area contributed by atoms with Crippen LogP contribution in [-0.4, -0.2) is 22.7 Å². The van der Waals surface area contributed by atoms with E-state index in [0.29, 0.717) is 22.7 Å². The Bertz CT molecular complexity index is 595. The Hall–Kier alpha value is -2.04. The van der Waals surface area contributed by atoms with Crippen LogP contribution in [0.3, 0.4) is 0 Å². The molecular weight excluding hydrogens is 246 g/mol. The van der Waals surface area contributed by atoms with Crippen molar-refractivity contribution in [2.45, 2.75) is 27.2 Å². The normalized spacial score (nSPS) is 11.7. The second-order valence-corrected chi connectivity index (χ2v) is 5.66. The molecule has 0 saturated carbocycles. The highest BCUT2D eigenvalue weighted by Crippen LogP contribution is 2.25. The van der Waals surface area contributed by atoms with E-state index in [9.17, 15) is 4.79 Å². The third kappa shape index (κ3) is 3.71. The van der Waals surface area contributed by atoms with E-state index in [2.05, 4.69) is 25.8 Å². The number of rotatable bonds is 4. The monoisotopic (exact) mass is 263 g/mol. The zero-order chi connectivity index (χ0) is 14.0. The van der Waals surface area contributed by atoms with Crippen LogP contribution in [-0.2, 0) is 11.2 Å². The van der Waals surface area contributed by atoms with Crippen LogP contribution in [0.1, 0.15) is 26.7 Å². The summed E-state index contributed by atoms with van der Waals surface area (Å²) in [6.07, 6.45) is 0.743. The summed E-state index contributed by atoms with van der Waals surface area (Å²) in [7, 11) is 0. The predicted octanol–water partition coefficient (Wildman–Crippen LogP) is 2.88. The Morgan fingerprint density at radius 2 is 2.16 bits per heavy atom. The molecule has 0 bridgehead atoms. The van der Waals surface area contributed by atoms with Gasteiger partial charge >= 0.3 is 5.97 Å². The number of carbonyl (C=O) groups is 1. The third-order valence-electron chi connectivity index (χ3n) is 2.45. The maximum atomic E-state index is 10.4. The minimum absolute atomic E-state index is 0.101. The summed E-state index contributed by atoms with van der Waals surface area (Å²) in [5.74, 6) is 0.150. The summed E-state index contributed by atoms with van der Waals surface area (Å²) in [5, 5.41) is 8.56. The molecule has 0 radical (unpaired) electrons. The molecule has 1 aromatic heterocycles. The number of hydrogen-bond acceptors (Lipinski definition) is 4. The van der Waals surface area contributed by atoms with E-state index in [0.717, 1.165) is 6.42 Å². The quantitative estimate of drug-likeness (QED) is 0.918. The molecule has 0 amide bonds. The van der Waals surface area contributed by atoms with Crippen LogP contribution in [0.5, 0.6) is 5.75 Å². The predicted molar refractivity (Wildman–Crippen MR) is 70.3 cm³/mol. The lowest BCUT2D eigenvalue weighted by atomic mass is 9.92. The molecule has 1 N–H and O–H groups in total. The fourth-order valence-electron chi connectivity index (χ4n) is 1.72. The molecule has 5 nitrogen and oxygen atoms in total. The fourth-order valence-corrected chi connectivity index (χ4v) is 1.72. The smallest absolute Gasteiger partial charge is 0.341 e. The van der Waals surface area contributed by atoms with Crippen molar-refractivity contribution >= 4 is 17.1 Å². The van der Waals surface area contributed by atoms with Crippen LogP contribution >= 0.6 is 0 Å². The Kier molecular flexibility index (Phi) is 3.46. The summed E-state index contributed by atoms with van der Waals surface area (Å²) < 4.78 is 10.7. The average Bonchev–Trinajstić information content (AvgIpc) is 2.64. The van der Waals surface area contributed by atoms with Gasteiger partial charge in [-0.25, -0.2) is 9.78 Å². The van der Waals surface area contributed by atoms with E-state index in [1.54, 1.807) is 18.2 Å². The first kappa shape index (κ1) is 13.4. The zero-order valence-electron chi connectivity index (χ0n) is 11.3. The van der Waals surface area contributed by atoms with E-state index >= 15 is 0 Å². The molecule has 0 unspecified atom stereocenters. The highest BCUT2D eigenvalue weighted by atomic mass is 16.5. The number of fused-ring (bicyclic) bond motifs is 1. The van der Waals surface area contributed by atoms with E-state index in [1.807, 2.05) is 0 Å². The van der Waals surface area contributed by atoms with Crippen molar-refractivity contribution in [3.05, 3.63) is 24.1 Å². The van der Waals surface area contributed by atoms with Gasteiger partial charge in [0.25, 0.3) is 0 Å². The van der Waals surface area contributed by atoms with Gasteiger partial charge in [-0.05, 0) is 17.5 Å². The topological polar surface area (TPSA) is 72.6 Å². The molecule has 0 saturated heterocycles.